The van der Waals surface area contributed by atoms with Crippen molar-refractivity contribution in [2.45, 2.75) is 105 Å². The van der Waals surface area contributed by atoms with Crippen LogP contribution in [0.15, 0.2) is 79.2 Å². The molecule has 1 heterocycles. The molecule has 1 fully saturated rings. The summed E-state index contributed by atoms with van der Waals surface area (Å²) in [7, 11) is 1.49. The third kappa shape index (κ3) is 17.6. The lowest BCUT2D eigenvalue weighted by Gasteiger charge is -2.30. The van der Waals surface area contributed by atoms with E-state index in [0.717, 1.165) is 29.0 Å². The van der Waals surface area contributed by atoms with Crippen LogP contribution in [0.3, 0.4) is 0 Å². The number of amides is 4. The van der Waals surface area contributed by atoms with E-state index in [1.807, 2.05) is 82.3 Å². The number of likely N-dealkylation sites (tertiary alicyclic amines) is 1. The van der Waals surface area contributed by atoms with Crippen molar-refractivity contribution in [1.29, 1.82) is 0 Å². The van der Waals surface area contributed by atoms with E-state index in [2.05, 4.69) is 60.5 Å². The van der Waals surface area contributed by atoms with Crippen molar-refractivity contribution in [2.24, 2.45) is 11.8 Å². The van der Waals surface area contributed by atoms with Gasteiger partial charge in [0.2, 0.25) is 23.6 Å². The highest BCUT2D eigenvalue weighted by atomic mass is 16.5. The van der Waals surface area contributed by atoms with Crippen LogP contribution < -0.4 is 26.6 Å². The summed E-state index contributed by atoms with van der Waals surface area (Å²) in [6.45, 7) is 24.7. The summed E-state index contributed by atoms with van der Waals surface area (Å²) in [6, 6.07) is 16.9. The first-order valence-corrected chi connectivity index (χ1v) is 19.2. The number of hydrogen-bond donors (Lipinski definition) is 5. The summed E-state index contributed by atoms with van der Waals surface area (Å²) in [5.74, 6) is 0.465. The van der Waals surface area contributed by atoms with Gasteiger partial charge in [-0.15, -0.1) is 0 Å². The highest BCUT2D eigenvalue weighted by Crippen LogP contribution is 2.20. The van der Waals surface area contributed by atoms with E-state index >= 15 is 0 Å². The maximum absolute atomic E-state index is 13.3. The zero-order chi connectivity index (χ0) is 41.1. The predicted octanol–water partition coefficient (Wildman–Crippen LogP) is 5.26. The zero-order valence-electron chi connectivity index (χ0n) is 34.6. The Kier molecular flexibility index (Phi) is 19.7. The number of carbonyl (C=O) groups is 4. The van der Waals surface area contributed by atoms with Gasteiger partial charge >= 0.3 is 0 Å². The number of ether oxygens (including phenoxy) is 2. The van der Waals surface area contributed by atoms with Crippen LogP contribution in [0.2, 0.25) is 0 Å². The van der Waals surface area contributed by atoms with Crippen LogP contribution in [0.5, 0.6) is 0 Å². The molecule has 1 aliphatic heterocycles. The summed E-state index contributed by atoms with van der Waals surface area (Å²) < 4.78 is 11.3. The average molecular weight is 763 g/mol. The first kappa shape index (κ1) is 46.5. The van der Waals surface area contributed by atoms with Crippen molar-refractivity contribution in [2.75, 3.05) is 33.3 Å². The summed E-state index contributed by atoms with van der Waals surface area (Å²) in [4.78, 5) is 52.9. The summed E-state index contributed by atoms with van der Waals surface area (Å²) in [6.07, 6.45) is 0.930. The van der Waals surface area contributed by atoms with Crippen molar-refractivity contribution < 1.29 is 28.7 Å². The van der Waals surface area contributed by atoms with Crippen LogP contribution in [0.4, 0.5) is 0 Å². The molecule has 0 spiro atoms. The Morgan fingerprint density at radius 1 is 0.891 bits per heavy atom. The lowest BCUT2D eigenvalue weighted by atomic mass is 10.0. The SMILES string of the molecule is C=C(CNC(=O)C(CC(C)C)NC(=C)[C@@H](NC(=O)CNC(C)(C)CNC(=O)C1CCCN1C(C)=O)OCc1ccc(-c2ccccc2)cc1)OC.CC(C)C. The van der Waals surface area contributed by atoms with Gasteiger partial charge in [-0.05, 0) is 61.6 Å². The topological polar surface area (TPSA) is 150 Å². The molecule has 1 aliphatic rings. The minimum Gasteiger partial charge on any atom is -0.500 e. The quantitative estimate of drug-likeness (QED) is 0.0906. The smallest absolute Gasteiger partial charge is 0.242 e. The van der Waals surface area contributed by atoms with Gasteiger partial charge in [0.15, 0.2) is 6.23 Å². The molecule has 12 heteroatoms. The molecular weight excluding hydrogens is 697 g/mol. The maximum Gasteiger partial charge on any atom is 0.242 e. The maximum atomic E-state index is 13.3. The molecular formula is C43H66N6O6. The molecule has 3 rings (SSSR count). The van der Waals surface area contributed by atoms with Gasteiger partial charge in [-0.1, -0.05) is 102 Å². The Labute approximate surface area is 329 Å². The molecule has 5 N–H and O–H groups in total. The van der Waals surface area contributed by atoms with Gasteiger partial charge in [-0.25, -0.2) is 0 Å². The van der Waals surface area contributed by atoms with Crippen LogP contribution in [-0.4, -0.2) is 85.7 Å². The monoisotopic (exact) mass is 763 g/mol. The highest BCUT2D eigenvalue weighted by molar-refractivity contribution is 5.87. The van der Waals surface area contributed by atoms with E-state index < -0.39 is 23.9 Å². The minimum atomic E-state index is -0.979. The van der Waals surface area contributed by atoms with E-state index in [1.165, 1.54) is 14.0 Å². The Morgan fingerprint density at radius 3 is 2.09 bits per heavy atom. The standard InChI is InChI=1S/C39H56N6O6.C4H10/c1-26(2)21-33(36(48)40-22-27(3)50-8)43-28(4)38(51-24-30-16-18-32(19-17-30)31-13-10-9-11-14-31)44-35(47)23-42-39(6,7)25-41-37(49)34-15-12-20-45(34)29(5)46;1-4(2)3/h9-11,13-14,16-19,26,33-34,38,42-43H,3-4,12,15,20-25H2,1-2,5-8H3,(H,40,48)(H,41,49)(H,44,47);4H,1-3H3/t33?,34?,38-;/m0./s1. The number of carbonyl (C=O) groups excluding carboxylic acids is 4. The third-order valence-corrected chi connectivity index (χ3v) is 8.61. The minimum absolute atomic E-state index is 0.0835. The zero-order valence-corrected chi connectivity index (χ0v) is 34.6. The second-order valence-electron chi connectivity index (χ2n) is 15.7. The van der Waals surface area contributed by atoms with E-state index in [-0.39, 0.29) is 55.8 Å². The Hall–Kier alpha value is -4.68. The normalized spacial score (nSPS) is 15.0. The molecule has 12 nitrogen and oxygen atoms in total. The van der Waals surface area contributed by atoms with E-state index in [4.69, 9.17) is 9.47 Å². The number of methoxy groups -OCH3 is 1. The van der Waals surface area contributed by atoms with Gasteiger partial charge in [0.05, 0.1) is 32.5 Å². The van der Waals surface area contributed by atoms with Crippen molar-refractivity contribution in [1.82, 2.24) is 31.5 Å². The molecule has 0 saturated carbocycles. The van der Waals surface area contributed by atoms with Gasteiger partial charge in [0.1, 0.15) is 17.8 Å². The first-order valence-electron chi connectivity index (χ1n) is 19.2. The van der Waals surface area contributed by atoms with Gasteiger partial charge < -0.3 is 41.0 Å². The Morgan fingerprint density at radius 2 is 1.51 bits per heavy atom. The summed E-state index contributed by atoms with van der Waals surface area (Å²) in [5, 5.41) is 15.0. The third-order valence-electron chi connectivity index (χ3n) is 8.61. The summed E-state index contributed by atoms with van der Waals surface area (Å²) >= 11 is 0. The number of benzene rings is 2. The van der Waals surface area contributed by atoms with Crippen molar-refractivity contribution in [3.05, 3.63) is 84.8 Å². The number of nitrogens with zero attached hydrogens (tertiary/aromatic N) is 1. The highest BCUT2D eigenvalue weighted by Gasteiger charge is 2.33. The molecule has 1 saturated heterocycles. The van der Waals surface area contributed by atoms with Crippen LogP contribution in [0.25, 0.3) is 11.1 Å². The fraction of sp³-hybridized carbons (Fsp3) is 0.535. The lowest BCUT2D eigenvalue weighted by molar-refractivity contribution is -0.137. The molecule has 3 atom stereocenters. The molecule has 2 unspecified atom stereocenters. The van der Waals surface area contributed by atoms with E-state index in [9.17, 15) is 19.2 Å². The molecule has 4 amide bonds. The van der Waals surface area contributed by atoms with Gasteiger partial charge in [-0.2, -0.15) is 0 Å². The van der Waals surface area contributed by atoms with E-state index in [0.29, 0.717) is 30.8 Å². The molecule has 2 aromatic rings. The average Bonchev–Trinajstić information content (AvgIpc) is 3.64. The van der Waals surface area contributed by atoms with Crippen LogP contribution in [0, 0.1) is 11.8 Å². The van der Waals surface area contributed by atoms with Crippen molar-refractivity contribution >= 4 is 23.6 Å². The number of nitrogens with one attached hydrogen (secondary N) is 5. The van der Waals surface area contributed by atoms with Crippen LogP contribution >= 0.6 is 0 Å². The second-order valence-corrected chi connectivity index (χ2v) is 15.7. The lowest BCUT2D eigenvalue weighted by Crippen LogP contribution is -2.55. The molecule has 2 aromatic carbocycles. The van der Waals surface area contributed by atoms with Gasteiger partial charge in [-0.3, -0.25) is 19.2 Å². The molecule has 55 heavy (non-hydrogen) atoms. The van der Waals surface area contributed by atoms with Crippen molar-refractivity contribution in [3.63, 3.8) is 0 Å². The van der Waals surface area contributed by atoms with Crippen LogP contribution in [-0.2, 0) is 35.3 Å². The summed E-state index contributed by atoms with van der Waals surface area (Å²) in [5.41, 5.74) is 2.72. The molecule has 0 aromatic heterocycles. The van der Waals surface area contributed by atoms with E-state index in [1.54, 1.807) is 4.90 Å². The second kappa shape index (κ2) is 23.3. The largest absolute Gasteiger partial charge is 0.500 e. The molecule has 0 bridgehead atoms. The first-order chi connectivity index (χ1) is 25.9. The predicted molar refractivity (Wildman–Crippen MR) is 219 cm³/mol. The number of rotatable bonds is 20. The molecule has 304 valence electrons. The Balaban J connectivity index is 0.00000248. The van der Waals surface area contributed by atoms with Gasteiger partial charge in [0, 0.05) is 25.6 Å². The van der Waals surface area contributed by atoms with Crippen LogP contribution in [0.1, 0.15) is 80.2 Å². The molecule has 0 radical (unpaired) electrons. The fourth-order valence-corrected chi connectivity index (χ4v) is 5.64. The Bertz CT molecular complexity index is 1540. The number of hydrogen-bond acceptors (Lipinski definition) is 8. The molecule has 0 aliphatic carbocycles. The van der Waals surface area contributed by atoms with Crippen molar-refractivity contribution in [3.8, 4) is 11.1 Å². The van der Waals surface area contributed by atoms with Gasteiger partial charge in [0.25, 0.3) is 0 Å². The fourth-order valence-electron chi connectivity index (χ4n) is 5.64.